The Morgan fingerprint density at radius 2 is 2.18 bits per heavy atom. The summed E-state index contributed by atoms with van der Waals surface area (Å²) in [6, 6.07) is 0. The lowest BCUT2D eigenvalue weighted by Crippen LogP contribution is -2.34. The molecule has 1 aliphatic carbocycles. The normalized spacial score (nSPS) is 18.6. The third kappa shape index (κ3) is 3.05. The van der Waals surface area contributed by atoms with Crippen molar-refractivity contribution in [3.63, 3.8) is 0 Å². The van der Waals surface area contributed by atoms with E-state index in [0.29, 0.717) is 6.61 Å². The molecule has 0 N–H and O–H groups in total. The fourth-order valence-corrected chi connectivity index (χ4v) is 2.92. The van der Waals surface area contributed by atoms with Crippen LogP contribution < -0.4 is 0 Å². The molecule has 1 fully saturated rings. The van der Waals surface area contributed by atoms with Gasteiger partial charge in [-0.15, -0.1) is 10.2 Å². The van der Waals surface area contributed by atoms with E-state index in [1.54, 1.807) is 0 Å². The second-order valence-corrected chi connectivity index (χ2v) is 6.38. The average molecular weight is 302 g/mol. The lowest BCUT2D eigenvalue weighted by atomic mass is 10.3. The molecular formula is C15H22N6O. The van der Waals surface area contributed by atoms with E-state index in [1.165, 1.54) is 18.4 Å². The Morgan fingerprint density at radius 1 is 1.27 bits per heavy atom. The van der Waals surface area contributed by atoms with Gasteiger partial charge < -0.3 is 9.30 Å². The molecule has 0 radical (unpaired) electrons. The summed E-state index contributed by atoms with van der Waals surface area (Å²) < 4.78 is 9.80. The first-order valence-corrected chi connectivity index (χ1v) is 7.96. The number of hydrogen-bond donors (Lipinski definition) is 0. The van der Waals surface area contributed by atoms with E-state index in [4.69, 9.17) is 4.74 Å². The highest BCUT2D eigenvalue weighted by Crippen LogP contribution is 2.29. The number of hydrogen-bond acceptors (Lipinski definition) is 5. The minimum Gasteiger partial charge on any atom is -0.373 e. The lowest BCUT2D eigenvalue weighted by Gasteiger charge is -2.27. The Labute approximate surface area is 129 Å². The largest absolute Gasteiger partial charge is 0.373 e. The van der Waals surface area contributed by atoms with Crippen molar-refractivity contribution >= 4 is 0 Å². The first-order chi connectivity index (χ1) is 10.8. The summed E-state index contributed by atoms with van der Waals surface area (Å²) in [6.07, 6.45) is 6.63. The second kappa shape index (κ2) is 5.81. The van der Waals surface area contributed by atoms with Crippen molar-refractivity contribution in [2.75, 3.05) is 13.2 Å². The predicted molar refractivity (Wildman–Crippen MR) is 79.7 cm³/mol. The summed E-state index contributed by atoms with van der Waals surface area (Å²) in [5, 5.41) is 12.9. The molecular weight excluding hydrogens is 280 g/mol. The molecule has 1 aliphatic heterocycles. The zero-order valence-corrected chi connectivity index (χ0v) is 13.0. The van der Waals surface area contributed by atoms with Gasteiger partial charge >= 0.3 is 0 Å². The number of fused-ring (bicyclic) bond motifs is 1. The number of ether oxygens (including phenoxy) is 1. The van der Waals surface area contributed by atoms with E-state index < -0.39 is 0 Å². The molecule has 0 unspecified atom stereocenters. The summed E-state index contributed by atoms with van der Waals surface area (Å²) in [4.78, 5) is 2.38. The molecule has 0 aromatic carbocycles. The van der Waals surface area contributed by atoms with Crippen LogP contribution in [0.3, 0.4) is 0 Å². The van der Waals surface area contributed by atoms with Gasteiger partial charge in [0, 0.05) is 45.0 Å². The van der Waals surface area contributed by atoms with Crippen LogP contribution in [-0.2, 0) is 38.0 Å². The van der Waals surface area contributed by atoms with Gasteiger partial charge in [-0.2, -0.15) is 5.10 Å². The van der Waals surface area contributed by atoms with Crippen LogP contribution in [0.5, 0.6) is 0 Å². The Balaban J connectivity index is 1.35. The molecule has 118 valence electrons. The summed E-state index contributed by atoms with van der Waals surface area (Å²) in [6.45, 7) is 5.15. The minimum absolute atomic E-state index is 0.589. The molecule has 0 amide bonds. The van der Waals surface area contributed by atoms with Crippen LogP contribution in [0.1, 0.15) is 30.1 Å². The lowest BCUT2D eigenvalue weighted by molar-refractivity contribution is 0.101. The van der Waals surface area contributed by atoms with Gasteiger partial charge in [-0.05, 0) is 18.8 Å². The molecule has 7 nitrogen and oxygen atoms in total. The van der Waals surface area contributed by atoms with Gasteiger partial charge in [-0.25, -0.2) is 0 Å². The first-order valence-electron chi connectivity index (χ1n) is 7.96. The van der Waals surface area contributed by atoms with Crippen LogP contribution in [0.4, 0.5) is 0 Å². The van der Waals surface area contributed by atoms with E-state index in [-0.39, 0.29) is 0 Å². The van der Waals surface area contributed by atoms with Crippen molar-refractivity contribution in [3.8, 4) is 0 Å². The fraction of sp³-hybridized carbons (Fsp3) is 0.667. The maximum absolute atomic E-state index is 5.75. The van der Waals surface area contributed by atoms with Gasteiger partial charge in [0.05, 0.1) is 12.7 Å². The number of aryl methyl sites for hydroxylation is 1. The number of nitrogens with zero attached hydrogens (tertiary/aromatic N) is 6. The Kier molecular flexibility index (Phi) is 3.67. The van der Waals surface area contributed by atoms with Crippen molar-refractivity contribution < 1.29 is 4.74 Å². The van der Waals surface area contributed by atoms with E-state index in [2.05, 4.69) is 31.0 Å². The van der Waals surface area contributed by atoms with Gasteiger partial charge in [0.15, 0.2) is 5.82 Å². The maximum atomic E-state index is 5.75. The molecule has 2 aliphatic rings. The minimum atomic E-state index is 0.589. The van der Waals surface area contributed by atoms with Crippen molar-refractivity contribution in [1.29, 1.82) is 0 Å². The van der Waals surface area contributed by atoms with Crippen LogP contribution in [0, 0.1) is 5.92 Å². The van der Waals surface area contributed by atoms with Crippen molar-refractivity contribution in [2.45, 2.75) is 39.1 Å². The van der Waals surface area contributed by atoms with Crippen LogP contribution in [0.15, 0.2) is 12.4 Å². The van der Waals surface area contributed by atoms with Crippen LogP contribution in [-0.4, -0.2) is 42.6 Å². The monoisotopic (exact) mass is 302 g/mol. The standard InChI is InChI=1S/C15H22N6O/c1-19-7-13(6-16-19)8-20-4-5-21-14(9-20)17-18-15(21)11-22-10-12-2-3-12/h6-7,12H,2-5,8-11H2,1H3. The molecule has 0 spiro atoms. The smallest absolute Gasteiger partial charge is 0.159 e. The van der Waals surface area contributed by atoms with E-state index in [9.17, 15) is 0 Å². The molecule has 1 saturated carbocycles. The number of aromatic nitrogens is 5. The highest BCUT2D eigenvalue weighted by Gasteiger charge is 2.23. The van der Waals surface area contributed by atoms with Gasteiger partial charge in [0.2, 0.25) is 0 Å². The Hall–Kier alpha value is -1.73. The quantitative estimate of drug-likeness (QED) is 0.795. The summed E-state index contributed by atoms with van der Waals surface area (Å²) in [5.74, 6) is 2.80. The van der Waals surface area contributed by atoms with Crippen molar-refractivity contribution in [3.05, 3.63) is 29.6 Å². The maximum Gasteiger partial charge on any atom is 0.159 e. The van der Waals surface area contributed by atoms with E-state index >= 15 is 0 Å². The highest BCUT2D eigenvalue weighted by molar-refractivity contribution is 5.05. The molecule has 0 saturated heterocycles. The molecule has 2 aromatic rings. The van der Waals surface area contributed by atoms with Crippen LogP contribution in [0.2, 0.25) is 0 Å². The first kappa shape index (κ1) is 13.9. The molecule has 0 atom stereocenters. The Bertz CT molecular complexity index is 644. The number of rotatable bonds is 6. The van der Waals surface area contributed by atoms with Crippen molar-refractivity contribution in [2.24, 2.45) is 13.0 Å². The summed E-state index contributed by atoms with van der Waals surface area (Å²) in [5.41, 5.74) is 1.24. The summed E-state index contributed by atoms with van der Waals surface area (Å²) >= 11 is 0. The van der Waals surface area contributed by atoms with Crippen LogP contribution in [0.25, 0.3) is 0 Å². The topological polar surface area (TPSA) is 61.0 Å². The van der Waals surface area contributed by atoms with Gasteiger partial charge in [0.1, 0.15) is 12.4 Å². The average Bonchev–Trinajstić information content (AvgIpc) is 3.12. The predicted octanol–water partition coefficient (Wildman–Crippen LogP) is 0.954. The zero-order valence-electron chi connectivity index (χ0n) is 13.0. The second-order valence-electron chi connectivity index (χ2n) is 6.38. The van der Waals surface area contributed by atoms with Crippen molar-refractivity contribution in [1.82, 2.24) is 29.4 Å². The Morgan fingerprint density at radius 3 is 2.95 bits per heavy atom. The van der Waals surface area contributed by atoms with E-state index in [0.717, 1.165) is 50.4 Å². The van der Waals surface area contributed by atoms with Gasteiger partial charge in [-0.3, -0.25) is 9.58 Å². The van der Waals surface area contributed by atoms with Crippen LogP contribution >= 0.6 is 0 Å². The molecule has 7 heteroatoms. The molecule has 22 heavy (non-hydrogen) atoms. The molecule has 2 aromatic heterocycles. The highest BCUT2D eigenvalue weighted by atomic mass is 16.5. The zero-order chi connectivity index (χ0) is 14.9. The van der Waals surface area contributed by atoms with E-state index in [1.807, 2.05) is 17.9 Å². The third-order valence-electron chi connectivity index (χ3n) is 4.36. The fourth-order valence-electron chi connectivity index (χ4n) is 2.92. The molecule has 0 bridgehead atoms. The SMILES string of the molecule is Cn1cc(CN2CCn3c(COCC4CC4)nnc3C2)cn1. The molecule has 3 heterocycles. The van der Waals surface area contributed by atoms with Gasteiger partial charge in [-0.1, -0.05) is 0 Å². The van der Waals surface area contributed by atoms with Gasteiger partial charge in [0.25, 0.3) is 0 Å². The third-order valence-corrected chi connectivity index (χ3v) is 4.36. The summed E-state index contributed by atoms with van der Waals surface area (Å²) in [7, 11) is 1.95. The molecule has 4 rings (SSSR count).